The zero-order chi connectivity index (χ0) is 12.4. The average molecular weight is 255 g/mol. The second-order valence-electron chi connectivity index (χ2n) is 6.29. The summed E-state index contributed by atoms with van der Waals surface area (Å²) in [6.45, 7) is 1.91. The summed E-state index contributed by atoms with van der Waals surface area (Å²) in [7, 11) is 0. The van der Waals surface area contributed by atoms with Gasteiger partial charge in [0, 0.05) is 0 Å². The largest absolute Gasteiger partial charge is 0.381 e. The molecule has 0 N–H and O–H groups in total. The van der Waals surface area contributed by atoms with Crippen LogP contribution in [0.5, 0.6) is 0 Å². The Morgan fingerprint density at radius 3 is 2.63 bits per heavy atom. The van der Waals surface area contributed by atoms with Gasteiger partial charge in [-0.25, -0.2) is 5.01 Å². The van der Waals surface area contributed by atoms with Gasteiger partial charge in [-0.1, -0.05) is 23.4 Å². The summed E-state index contributed by atoms with van der Waals surface area (Å²) >= 11 is 0. The first-order chi connectivity index (χ1) is 9.43. The number of hydrogen-bond acceptors (Lipinski definition) is 4. The van der Waals surface area contributed by atoms with Crippen molar-refractivity contribution >= 4 is 5.69 Å². The van der Waals surface area contributed by atoms with Crippen LogP contribution in [-0.2, 0) is 4.74 Å². The van der Waals surface area contributed by atoms with Crippen LogP contribution in [0.15, 0.2) is 40.7 Å². The van der Waals surface area contributed by atoms with Gasteiger partial charge in [-0.05, 0) is 42.2 Å². The minimum absolute atomic E-state index is 0.410. The molecule has 5 rings (SSSR count). The predicted octanol–water partition coefficient (Wildman–Crippen LogP) is 2.52. The maximum absolute atomic E-state index is 5.71. The highest BCUT2D eigenvalue weighted by Crippen LogP contribution is 2.59. The Hall–Kier alpha value is -1.42. The lowest BCUT2D eigenvalue weighted by Crippen LogP contribution is -2.45. The smallest absolute Gasteiger partial charge is 0.0988 e. The summed E-state index contributed by atoms with van der Waals surface area (Å²) in [5, 5.41) is 11.2. The zero-order valence-electron chi connectivity index (χ0n) is 10.7. The van der Waals surface area contributed by atoms with Crippen molar-refractivity contribution in [3.8, 4) is 0 Å². The summed E-state index contributed by atoms with van der Waals surface area (Å²) in [5.41, 5.74) is 1.18. The first kappa shape index (κ1) is 10.4. The number of nitrogens with zero attached hydrogens (tertiary/aromatic N) is 3. The first-order valence-corrected chi connectivity index (χ1v) is 7.26. The van der Waals surface area contributed by atoms with Crippen molar-refractivity contribution in [3.63, 3.8) is 0 Å². The summed E-state index contributed by atoms with van der Waals surface area (Å²) in [4.78, 5) is 0. The molecule has 1 aromatic carbocycles. The molecule has 2 bridgehead atoms. The Balaban J connectivity index is 1.52. The van der Waals surface area contributed by atoms with Gasteiger partial charge in [0.05, 0.1) is 31.0 Å². The van der Waals surface area contributed by atoms with E-state index in [0.717, 1.165) is 31.0 Å². The quantitative estimate of drug-likeness (QED) is 0.773. The molecule has 19 heavy (non-hydrogen) atoms. The maximum Gasteiger partial charge on any atom is 0.0988 e. The van der Waals surface area contributed by atoms with Crippen LogP contribution in [0, 0.1) is 23.7 Å². The predicted molar refractivity (Wildman–Crippen MR) is 70.7 cm³/mol. The van der Waals surface area contributed by atoms with Gasteiger partial charge in [0.15, 0.2) is 0 Å². The van der Waals surface area contributed by atoms with E-state index < -0.39 is 0 Å². The highest BCUT2D eigenvalue weighted by molar-refractivity contribution is 5.48. The Labute approximate surface area is 112 Å². The molecule has 0 radical (unpaired) electrons. The molecule has 0 amide bonds. The molecule has 0 spiro atoms. The van der Waals surface area contributed by atoms with Gasteiger partial charge in [0.1, 0.15) is 0 Å². The third-order valence-electron chi connectivity index (χ3n) is 5.63. The molecule has 6 atom stereocenters. The molecular weight excluding hydrogens is 238 g/mol. The fourth-order valence-corrected chi connectivity index (χ4v) is 4.88. The molecule has 3 fully saturated rings. The summed E-state index contributed by atoms with van der Waals surface area (Å²) in [5.74, 6) is 2.93. The van der Waals surface area contributed by atoms with E-state index in [-0.39, 0.29) is 0 Å². The van der Waals surface area contributed by atoms with Crippen molar-refractivity contribution in [2.75, 3.05) is 18.2 Å². The van der Waals surface area contributed by atoms with Crippen molar-refractivity contribution in [2.24, 2.45) is 34.0 Å². The number of fused-ring (bicyclic) bond motifs is 8. The van der Waals surface area contributed by atoms with Crippen LogP contribution in [0.25, 0.3) is 0 Å². The van der Waals surface area contributed by atoms with E-state index in [0.29, 0.717) is 18.0 Å². The SMILES string of the molecule is c1ccc(N2N=N[C@H]3[C@@H]4C[C@H]([C@H]5COC[C@@H]54)[C@H]32)cc1. The van der Waals surface area contributed by atoms with Gasteiger partial charge in [0.25, 0.3) is 0 Å². The number of hydrogen-bond donors (Lipinski definition) is 0. The molecule has 2 aliphatic heterocycles. The molecule has 4 nitrogen and oxygen atoms in total. The minimum Gasteiger partial charge on any atom is -0.381 e. The second kappa shape index (κ2) is 3.57. The molecule has 1 aromatic rings. The van der Waals surface area contributed by atoms with Crippen LogP contribution in [0.4, 0.5) is 5.69 Å². The molecule has 98 valence electrons. The molecule has 4 aliphatic rings. The van der Waals surface area contributed by atoms with E-state index in [4.69, 9.17) is 4.74 Å². The first-order valence-electron chi connectivity index (χ1n) is 7.26. The van der Waals surface area contributed by atoms with Crippen molar-refractivity contribution in [1.82, 2.24) is 0 Å². The molecular formula is C15H17N3O. The van der Waals surface area contributed by atoms with Crippen molar-refractivity contribution in [2.45, 2.75) is 18.5 Å². The molecule has 2 aliphatic carbocycles. The van der Waals surface area contributed by atoms with Crippen molar-refractivity contribution in [1.29, 1.82) is 0 Å². The van der Waals surface area contributed by atoms with Gasteiger partial charge < -0.3 is 4.74 Å². The van der Waals surface area contributed by atoms with Gasteiger partial charge in [-0.15, -0.1) is 0 Å². The molecule has 1 saturated heterocycles. The van der Waals surface area contributed by atoms with Crippen LogP contribution >= 0.6 is 0 Å². The van der Waals surface area contributed by atoms with Crippen LogP contribution in [0.1, 0.15) is 6.42 Å². The van der Waals surface area contributed by atoms with Crippen molar-refractivity contribution < 1.29 is 4.74 Å². The molecule has 2 heterocycles. The van der Waals surface area contributed by atoms with Crippen LogP contribution in [-0.4, -0.2) is 25.3 Å². The minimum atomic E-state index is 0.410. The number of ether oxygens (including phenoxy) is 1. The number of anilines is 1. The maximum atomic E-state index is 5.71. The number of benzene rings is 1. The van der Waals surface area contributed by atoms with E-state index in [9.17, 15) is 0 Å². The number of para-hydroxylation sites is 1. The summed E-state index contributed by atoms with van der Waals surface area (Å²) in [6, 6.07) is 11.4. The Morgan fingerprint density at radius 2 is 1.79 bits per heavy atom. The van der Waals surface area contributed by atoms with Crippen LogP contribution < -0.4 is 5.01 Å². The monoisotopic (exact) mass is 255 g/mol. The second-order valence-corrected chi connectivity index (χ2v) is 6.29. The zero-order valence-corrected chi connectivity index (χ0v) is 10.7. The van der Waals surface area contributed by atoms with Gasteiger partial charge in [-0.3, -0.25) is 0 Å². The number of rotatable bonds is 1. The van der Waals surface area contributed by atoms with Crippen LogP contribution in [0.2, 0.25) is 0 Å². The highest BCUT2D eigenvalue weighted by Gasteiger charge is 2.63. The van der Waals surface area contributed by atoms with Crippen LogP contribution in [0.3, 0.4) is 0 Å². The topological polar surface area (TPSA) is 37.2 Å². The van der Waals surface area contributed by atoms with E-state index in [1.807, 2.05) is 0 Å². The highest BCUT2D eigenvalue weighted by atomic mass is 16.5. The Bertz CT molecular complexity index is 531. The standard InChI is InChI=1S/C15H17N3O/c1-2-4-9(5-3-1)18-15-11-6-10(14(15)16-17-18)12-7-19-8-13(11)12/h1-5,10-15H,6-8H2/t10-,11-,12-,13-,14+,15-/m1/s1. The van der Waals surface area contributed by atoms with Gasteiger partial charge in [0.2, 0.25) is 0 Å². The third-order valence-corrected chi connectivity index (χ3v) is 5.63. The fraction of sp³-hybridized carbons (Fsp3) is 0.600. The Morgan fingerprint density at radius 1 is 1.00 bits per heavy atom. The molecule has 2 saturated carbocycles. The molecule has 0 unspecified atom stereocenters. The van der Waals surface area contributed by atoms with E-state index >= 15 is 0 Å². The van der Waals surface area contributed by atoms with E-state index in [1.54, 1.807) is 0 Å². The van der Waals surface area contributed by atoms with Crippen molar-refractivity contribution in [3.05, 3.63) is 30.3 Å². The Kier molecular flexibility index (Phi) is 1.95. The lowest BCUT2D eigenvalue weighted by Gasteiger charge is -2.34. The fourth-order valence-electron chi connectivity index (χ4n) is 4.88. The van der Waals surface area contributed by atoms with E-state index in [1.165, 1.54) is 12.1 Å². The molecule has 4 heteroatoms. The molecule has 0 aromatic heterocycles. The normalized spacial score (nSPS) is 45.8. The summed E-state index contributed by atoms with van der Waals surface area (Å²) < 4.78 is 5.71. The van der Waals surface area contributed by atoms with Gasteiger partial charge >= 0.3 is 0 Å². The lowest BCUT2D eigenvalue weighted by atomic mass is 9.76. The lowest BCUT2D eigenvalue weighted by molar-refractivity contribution is 0.162. The van der Waals surface area contributed by atoms with Gasteiger partial charge in [-0.2, -0.15) is 5.11 Å². The van der Waals surface area contributed by atoms with E-state index in [2.05, 4.69) is 45.7 Å². The average Bonchev–Trinajstić information content (AvgIpc) is 3.17. The third kappa shape index (κ3) is 1.23. The summed E-state index contributed by atoms with van der Waals surface area (Å²) in [6.07, 6.45) is 1.33.